The van der Waals surface area contributed by atoms with Crippen molar-refractivity contribution in [3.05, 3.63) is 71.5 Å². The first-order valence-corrected chi connectivity index (χ1v) is 13.8. The molecule has 2 aliphatic rings. The number of sulfonamides is 1. The average molecular weight is 527 g/mol. The number of pyridine rings is 1. The molecule has 3 heterocycles. The number of hydrogen-bond acceptors (Lipinski definition) is 5. The number of benzene rings is 2. The van der Waals surface area contributed by atoms with Gasteiger partial charge in [-0.15, -0.1) is 0 Å². The minimum Gasteiger partial charge on any atom is -0.334 e. The number of carbonyl (C=O) groups is 2. The molecule has 0 radical (unpaired) electrons. The largest absolute Gasteiger partial charge is 0.334 e. The number of aromatic nitrogens is 1. The second-order valence-electron chi connectivity index (χ2n) is 9.30. The van der Waals surface area contributed by atoms with Crippen LogP contribution in [0, 0.1) is 0 Å². The lowest BCUT2D eigenvalue weighted by Crippen LogP contribution is -2.50. The molecular weight excluding hydrogens is 500 g/mol. The van der Waals surface area contributed by atoms with Crippen molar-refractivity contribution in [3.63, 3.8) is 0 Å². The Morgan fingerprint density at radius 2 is 1.89 bits per heavy atom. The molecule has 2 fully saturated rings. The van der Waals surface area contributed by atoms with E-state index in [1.54, 1.807) is 49.6 Å². The van der Waals surface area contributed by atoms with E-state index in [4.69, 9.17) is 11.6 Å². The van der Waals surface area contributed by atoms with Crippen LogP contribution in [0.2, 0.25) is 5.02 Å². The third-order valence-electron chi connectivity index (χ3n) is 7.05. The van der Waals surface area contributed by atoms with E-state index in [0.29, 0.717) is 24.5 Å². The average Bonchev–Trinajstić information content (AvgIpc) is 3.50. The van der Waals surface area contributed by atoms with Crippen molar-refractivity contribution in [2.45, 2.75) is 49.2 Å². The Morgan fingerprint density at radius 3 is 2.67 bits per heavy atom. The predicted molar refractivity (Wildman–Crippen MR) is 137 cm³/mol. The van der Waals surface area contributed by atoms with Gasteiger partial charge in [0.1, 0.15) is 12.1 Å². The summed E-state index contributed by atoms with van der Waals surface area (Å²) in [5.74, 6) is -0.518. The number of halogens is 1. The molecule has 1 N–H and O–H groups in total. The lowest BCUT2D eigenvalue weighted by atomic mass is 10.1. The van der Waals surface area contributed by atoms with Crippen LogP contribution < -0.4 is 4.72 Å². The Hall–Kier alpha value is -3.01. The molecule has 1 unspecified atom stereocenters. The molecule has 2 aromatic carbocycles. The van der Waals surface area contributed by atoms with E-state index in [0.717, 1.165) is 29.2 Å². The molecule has 0 saturated carbocycles. The van der Waals surface area contributed by atoms with Crippen LogP contribution >= 0.6 is 11.6 Å². The summed E-state index contributed by atoms with van der Waals surface area (Å²) in [4.78, 5) is 34.1. The molecule has 0 spiro atoms. The number of hydrogen-bond donors (Lipinski definition) is 1. The van der Waals surface area contributed by atoms with Crippen molar-refractivity contribution in [2.24, 2.45) is 0 Å². The van der Waals surface area contributed by atoms with E-state index in [1.165, 1.54) is 11.0 Å². The van der Waals surface area contributed by atoms with Crippen LogP contribution in [-0.4, -0.2) is 60.2 Å². The fourth-order valence-electron chi connectivity index (χ4n) is 5.14. The minimum absolute atomic E-state index is 0.0663. The highest BCUT2D eigenvalue weighted by atomic mass is 35.5. The highest BCUT2D eigenvalue weighted by molar-refractivity contribution is 7.89. The van der Waals surface area contributed by atoms with E-state index in [1.807, 2.05) is 17.0 Å². The summed E-state index contributed by atoms with van der Waals surface area (Å²) >= 11 is 6.02. The Morgan fingerprint density at radius 1 is 1.11 bits per heavy atom. The molecule has 8 nitrogen and oxygen atoms in total. The Labute approximate surface area is 215 Å². The van der Waals surface area contributed by atoms with Gasteiger partial charge in [-0.05, 0) is 72.9 Å². The maximum atomic E-state index is 13.4. The van der Waals surface area contributed by atoms with Gasteiger partial charge >= 0.3 is 0 Å². The van der Waals surface area contributed by atoms with E-state index in [-0.39, 0.29) is 22.8 Å². The molecular formula is C26H27ClN4O4S. The second kappa shape index (κ2) is 9.80. The Balaban J connectivity index is 1.28. The molecule has 3 atom stereocenters. The van der Waals surface area contributed by atoms with Gasteiger partial charge in [0.2, 0.25) is 21.8 Å². The molecule has 2 amide bonds. The van der Waals surface area contributed by atoms with Gasteiger partial charge in [0.15, 0.2) is 0 Å². The first-order chi connectivity index (χ1) is 17.2. The maximum absolute atomic E-state index is 13.4. The maximum Gasteiger partial charge on any atom is 0.245 e. The minimum atomic E-state index is -3.94. The molecule has 0 aliphatic carbocycles. The van der Waals surface area contributed by atoms with E-state index in [2.05, 4.69) is 9.71 Å². The fourth-order valence-corrected chi connectivity index (χ4v) is 6.58. The number of rotatable bonds is 6. The quantitative estimate of drug-likeness (QED) is 0.530. The first kappa shape index (κ1) is 24.7. The number of carbonyl (C=O) groups excluding carboxylic acids is 2. The van der Waals surface area contributed by atoms with Gasteiger partial charge in [0.25, 0.3) is 0 Å². The predicted octanol–water partition coefficient (Wildman–Crippen LogP) is 3.52. The fraction of sp³-hybridized carbons (Fsp3) is 0.346. The highest BCUT2D eigenvalue weighted by Crippen LogP contribution is 2.33. The molecule has 0 bridgehead atoms. The molecule has 10 heteroatoms. The van der Waals surface area contributed by atoms with Crippen LogP contribution in [0.5, 0.6) is 0 Å². The van der Waals surface area contributed by atoms with Crippen LogP contribution in [0.1, 0.15) is 37.8 Å². The van der Waals surface area contributed by atoms with E-state index < -0.39 is 22.1 Å². The molecule has 2 aliphatic heterocycles. The SMILES string of the molecule is C[C@@H](C(=O)N1CCCC1c1cccnc1)N1CC[C@H](NS(=O)(=O)c2ccc3cc(Cl)ccc3c2)C1=O. The second-order valence-corrected chi connectivity index (χ2v) is 11.4. The summed E-state index contributed by atoms with van der Waals surface area (Å²) < 4.78 is 28.7. The van der Waals surface area contributed by atoms with Crippen molar-refractivity contribution in [1.29, 1.82) is 0 Å². The van der Waals surface area contributed by atoms with Crippen LogP contribution in [0.3, 0.4) is 0 Å². The van der Waals surface area contributed by atoms with Gasteiger partial charge in [-0.25, -0.2) is 8.42 Å². The Kier molecular flexibility index (Phi) is 6.72. The topological polar surface area (TPSA) is 99.7 Å². The van der Waals surface area contributed by atoms with Gasteiger partial charge in [-0.3, -0.25) is 14.6 Å². The van der Waals surface area contributed by atoms with E-state index >= 15 is 0 Å². The van der Waals surface area contributed by atoms with Crippen molar-refractivity contribution in [1.82, 2.24) is 19.5 Å². The Bertz CT molecular complexity index is 1420. The summed E-state index contributed by atoms with van der Waals surface area (Å²) in [7, 11) is -3.94. The van der Waals surface area contributed by atoms with Crippen molar-refractivity contribution in [2.75, 3.05) is 13.1 Å². The smallest absolute Gasteiger partial charge is 0.245 e. The molecule has 36 heavy (non-hydrogen) atoms. The molecule has 188 valence electrons. The normalized spacial score (nSPS) is 21.3. The summed E-state index contributed by atoms with van der Waals surface area (Å²) in [6.45, 7) is 2.64. The number of nitrogens with one attached hydrogen (secondary N) is 1. The van der Waals surface area contributed by atoms with Crippen molar-refractivity contribution >= 4 is 44.2 Å². The number of likely N-dealkylation sites (tertiary alicyclic amines) is 2. The number of nitrogens with zero attached hydrogens (tertiary/aromatic N) is 3. The molecule has 5 rings (SSSR count). The van der Waals surface area contributed by atoms with Crippen molar-refractivity contribution < 1.29 is 18.0 Å². The zero-order chi connectivity index (χ0) is 25.4. The van der Waals surface area contributed by atoms with Gasteiger partial charge < -0.3 is 9.80 Å². The van der Waals surface area contributed by atoms with Crippen LogP contribution in [-0.2, 0) is 19.6 Å². The highest BCUT2D eigenvalue weighted by Gasteiger charge is 2.42. The zero-order valence-electron chi connectivity index (χ0n) is 19.8. The molecule has 2 saturated heterocycles. The summed E-state index contributed by atoms with van der Waals surface area (Å²) in [6, 6.07) is 12.1. The van der Waals surface area contributed by atoms with Gasteiger partial charge in [-0.1, -0.05) is 29.8 Å². The van der Waals surface area contributed by atoms with Gasteiger partial charge in [0, 0.05) is 30.5 Å². The number of fused-ring (bicyclic) bond motifs is 1. The summed E-state index contributed by atoms with van der Waals surface area (Å²) in [5, 5.41) is 2.12. The molecule has 1 aromatic heterocycles. The summed E-state index contributed by atoms with van der Waals surface area (Å²) in [5.41, 5.74) is 0.978. The third-order valence-corrected chi connectivity index (χ3v) is 8.76. The zero-order valence-corrected chi connectivity index (χ0v) is 21.4. The first-order valence-electron chi connectivity index (χ1n) is 12.0. The van der Waals surface area contributed by atoms with Crippen LogP contribution in [0.25, 0.3) is 10.8 Å². The number of amides is 2. The van der Waals surface area contributed by atoms with Gasteiger partial charge in [0.05, 0.1) is 10.9 Å². The van der Waals surface area contributed by atoms with Crippen LogP contribution in [0.15, 0.2) is 65.8 Å². The standard InChI is InChI=1S/C26H27ClN4O4S/c1-17(25(32)31-12-3-5-24(31)20-4-2-11-28-16-20)30-13-10-23(26(30)33)29-36(34,35)22-9-7-18-14-21(27)8-6-19(18)15-22/h2,4,6-9,11,14-17,23-24,29H,3,5,10,12-13H2,1H3/t17-,23-,24?/m0/s1. The lowest BCUT2D eigenvalue weighted by molar-refractivity contribution is -0.144. The van der Waals surface area contributed by atoms with Gasteiger partial charge in [-0.2, -0.15) is 4.72 Å². The monoisotopic (exact) mass is 526 g/mol. The molecule has 3 aromatic rings. The van der Waals surface area contributed by atoms with Crippen LogP contribution in [0.4, 0.5) is 0 Å². The van der Waals surface area contributed by atoms with E-state index in [9.17, 15) is 18.0 Å². The summed E-state index contributed by atoms with van der Waals surface area (Å²) in [6.07, 6.45) is 5.49. The van der Waals surface area contributed by atoms with Crippen molar-refractivity contribution in [3.8, 4) is 0 Å². The lowest BCUT2D eigenvalue weighted by Gasteiger charge is -2.31. The third kappa shape index (κ3) is 4.70.